The Labute approximate surface area is 200 Å². The van der Waals surface area contributed by atoms with Gasteiger partial charge in [-0.15, -0.1) is 0 Å². The molecular weight excluding hydrogens is 453 g/mol. The van der Waals surface area contributed by atoms with E-state index < -0.39 is 0 Å². The van der Waals surface area contributed by atoms with E-state index in [1.54, 1.807) is 36.7 Å². The molecule has 3 aromatic heterocycles. The summed E-state index contributed by atoms with van der Waals surface area (Å²) in [6.07, 6.45) is 7.28. The summed E-state index contributed by atoms with van der Waals surface area (Å²) in [7, 11) is 0. The molecule has 0 saturated carbocycles. The maximum Gasteiger partial charge on any atom is 0.219 e. The van der Waals surface area contributed by atoms with Crippen LogP contribution < -0.4 is 10.1 Å². The summed E-state index contributed by atoms with van der Waals surface area (Å²) < 4.78 is 23.2. The van der Waals surface area contributed by atoms with Crippen molar-refractivity contribution in [3.05, 3.63) is 78.1 Å². The van der Waals surface area contributed by atoms with Crippen LogP contribution in [0.25, 0.3) is 33.1 Å². The van der Waals surface area contributed by atoms with Crippen LogP contribution in [-0.4, -0.2) is 32.6 Å². The number of aromatic nitrogens is 4. The molecule has 1 fully saturated rings. The molecule has 0 bridgehead atoms. The van der Waals surface area contributed by atoms with Gasteiger partial charge in [0.1, 0.15) is 17.1 Å². The van der Waals surface area contributed by atoms with Gasteiger partial charge in [-0.3, -0.25) is 4.98 Å². The van der Waals surface area contributed by atoms with Crippen molar-refractivity contribution in [2.75, 3.05) is 13.1 Å². The first kappa shape index (κ1) is 21.0. The molecule has 5 aromatic rings. The lowest BCUT2D eigenvalue weighted by molar-refractivity contribution is 0.375. The first-order valence-corrected chi connectivity index (χ1v) is 11.6. The molecule has 1 N–H and O–H groups in total. The molecule has 34 heavy (non-hydrogen) atoms. The minimum atomic E-state index is -0.382. The average molecular weight is 474 g/mol. The fourth-order valence-corrected chi connectivity index (χ4v) is 4.88. The fraction of sp³-hybridized carbons (Fsp3) is 0.192. The van der Waals surface area contributed by atoms with Crippen molar-refractivity contribution in [2.45, 2.75) is 18.9 Å². The summed E-state index contributed by atoms with van der Waals surface area (Å²) in [6.45, 7) is 1.94. The van der Waals surface area contributed by atoms with Crippen molar-refractivity contribution < 1.29 is 9.13 Å². The van der Waals surface area contributed by atoms with E-state index in [1.807, 2.05) is 24.5 Å². The Bertz CT molecular complexity index is 1500. The second-order valence-corrected chi connectivity index (χ2v) is 8.79. The zero-order valence-electron chi connectivity index (χ0n) is 18.2. The highest BCUT2D eigenvalue weighted by Crippen LogP contribution is 2.37. The van der Waals surface area contributed by atoms with Crippen LogP contribution >= 0.6 is 11.6 Å². The third-order valence-corrected chi connectivity index (χ3v) is 6.59. The molecule has 0 atom stereocenters. The topological polar surface area (TPSA) is 64.9 Å². The number of nitrogens with zero attached hydrogens (tertiary/aromatic N) is 4. The molecule has 1 saturated heterocycles. The lowest BCUT2D eigenvalue weighted by atomic mass is 10.0. The number of halogens is 2. The van der Waals surface area contributed by atoms with Crippen molar-refractivity contribution in [3.63, 3.8) is 0 Å². The van der Waals surface area contributed by atoms with Gasteiger partial charge in [0.15, 0.2) is 0 Å². The first-order valence-electron chi connectivity index (χ1n) is 11.2. The number of fused-ring (bicyclic) bond motifs is 3. The number of ether oxygens (including phenoxy) is 1. The Morgan fingerprint density at radius 1 is 0.971 bits per heavy atom. The number of benzene rings is 2. The molecule has 6 rings (SSSR count). The Kier molecular flexibility index (Phi) is 5.36. The SMILES string of the molecule is Fc1cc2ncc3ncn(C4CCNCC4)c3c2cc1-c1ccc(Oc2ccccn2)cc1Cl. The smallest absolute Gasteiger partial charge is 0.219 e. The van der Waals surface area contributed by atoms with Gasteiger partial charge in [0.05, 0.1) is 28.6 Å². The zero-order chi connectivity index (χ0) is 23.1. The average Bonchev–Trinajstić information content (AvgIpc) is 3.30. The Morgan fingerprint density at radius 3 is 2.65 bits per heavy atom. The van der Waals surface area contributed by atoms with Crippen LogP contribution in [0.5, 0.6) is 11.6 Å². The summed E-state index contributed by atoms with van der Waals surface area (Å²) >= 11 is 6.60. The van der Waals surface area contributed by atoms with Crippen LogP contribution in [0, 0.1) is 5.82 Å². The van der Waals surface area contributed by atoms with Gasteiger partial charge in [-0.25, -0.2) is 14.4 Å². The van der Waals surface area contributed by atoms with Crippen molar-refractivity contribution in [3.8, 4) is 22.8 Å². The monoisotopic (exact) mass is 473 g/mol. The van der Waals surface area contributed by atoms with E-state index in [9.17, 15) is 0 Å². The standard InChI is InChI=1S/C26H21ClFN5O/c27-21-11-17(34-25-3-1-2-8-30-25)4-5-18(21)19-12-20-23(13-22(19)28)31-14-24-26(20)33(15-32-24)16-6-9-29-10-7-16/h1-5,8,11-16,29H,6-7,9-10H2. The minimum Gasteiger partial charge on any atom is -0.439 e. The van der Waals surface area contributed by atoms with Gasteiger partial charge in [-0.1, -0.05) is 17.7 Å². The highest BCUT2D eigenvalue weighted by molar-refractivity contribution is 6.33. The molecular formula is C26H21ClFN5O. The van der Waals surface area contributed by atoms with Crippen LogP contribution in [-0.2, 0) is 0 Å². The molecule has 1 aliphatic rings. The summed E-state index contributed by atoms with van der Waals surface area (Å²) in [4.78, 5) is 13.2. The van der Waals surface area contributed by atoms with Crippen LogP contribution in [0.3, 0.4) is 0 Å². The van der Waals surface area contributed by atoms with E-state index in [4.69, 9.17) is 16.3 Å². The fourth-order valence-electron chi connectivity index (χ4n) is 4.61. The molecule has 2 aromatic carbocycles. The van der Waals surface area contributed by atoms with E-state index in [0.29, 0.717) is 39.3 Å². The van der Waals surface area contributed by atoms with Gasteiger partial charge >= 0.3 is 0 Å². The van der Waals surface area contributed by atoms with Gasteiger partial charge < -0.3 is 14.6 Å². The number of hydrogen-bond donors (Lipinski definition) is 1. The molecule has 0 amide bonds. The lowest BCUT2D eigenvalue weighted by Crippen LogP contribution is -2.29. The number of piperidine rings is 1. The van der Waals surface area contributed by atoms with E-state index in [0.717, 1.165) is 42.4 Å². The van der Waals surface area contributed by atoms with Crippen molar-refractivity contribution in [1.82, 2.24) is 24.8 Å². The highest BCUT2D eigenvalue weighted by atomic mass is 35.5. The Morgan fingerprint density at radius 2 is 1.85 bits per heavy atom. The summed E-state index contributed by atoms with van der Waals surface area (Å²) in [6, 6.07) is 14.3. The molecule has 0 aliphatic carbocycles. The minimum absolute atomic E-state index is 0.344. The number of pyridine rings is 2. The van der Waals surface area contributed by atoms with Gasteiger partial charge in [0.2, 0.25) is 5.88 Å². The van der Waals surface area contributed by atoms with Crippen LogP contribution in [0.1, 0.15) is 18.9 Å². The quantitative estimate of drug-likeness (QED) is 0.339. The normalized spacial score (nSPS) is 14.6. The van der Waals surface area contributed by atoms with E-state index in [2.05, 4.69) is 24.8 Å². The zero-order valence-corrected chi connectivity index (χ0v) is 19.0. The van der Waals surface area contributed by atoms with Crippen molar-refractivity contribution >= 4 is 33.5 Å². The molecule has 1 aliphatic heterocycles. The number of nitrogens with one attached hydrogen (secondary N) is 1. The molecule has 0 unspecified atom stereocenters. The van der Waals surface area contributed by atoms with E-state index in [1.165, 1.54) is 6.07 Å². The summed E-state index contributed by atoms with van der Waals surface area (Å²) in [5, 5.41) is 4.65. The molecule has 8 heteroatoms. The van der Waals surface area contributed by atoms with Gasteiger partial charge in [0.25, 0.3) is 0 Å². The van der Waals surface area contributed by atoms with Crippen molar-refractivity contribution in [2.24, 2.45) is 0 Å². The lowest BCUT2D eigenvalue weighted by Gasteiger charge is -2.24. The number of imidazole rings is 1. The van der Waals surface area contributed by atoms with Gasteiger partial charge in [0, 0.05) is 47.0 Å². The molecule has 0 spiro atoms. The second kappa shape index (κ2) is 8.66. The first-order chi connectivity index (χ1) is 16.7. The molecule has 0 radical (unpaired) electrons. The maximum atomic E-state index is 15.2. The van der Waals surface area contributed by atoms with Crippen LogP contribution in [0.2, 0.25) is 5.02 Å². The molecule has 6 nitrogen and oxygen atoms in total. The third-order valence-electron chi connectivity index (χ3n) is 6.28. The predicted molar refractivity (Wildman–Crippen MR) is 131 cm³/mol. The van der Waals surface area contributed by atoms with Crippen LogP contribution in [0.15, 0.2) is 67.3 Å². The largest absolute Gasteiger partial charge is 0.439 e. The van der Waals surface area contributed by atoms with Gasteiger partial charge in [-0.2, -0.15) is 0 Å². The molecule has 170 valence electrons. The molecule has 4 heterocycles. The maximum absolute atomic E-state index is 15.2. The van der Waals surface area contributed by atoms with Crippen molar-refractivity contribution in [1.29, 1.82) is 0 Å². The number of rotatable bonds is 4. The Balaban J connectivity index is 1.45. The van der Waals surface area contributed by atoms with E-state index in [-0.39, 0.29) is 5.82 Å². The van der Waals surface area contributed by atoms with Crippen LogP contribution in [0.4, 0.5) is 4.39 Å². The third kappa shape index (κ3) is 3.77. The number of hydrogen-bond acceptors (Lipinski definition) is 5. The summed E-state index contributed by atoms with van der Waals surface area (Å²) in [5.74, 6) is 0.608. The van der Waals surface area contributed by atoms with Gasteiger partial charge in [-0.05, 0) is 50.2 Å². The highest BCUT2D eigenvalue weighted by Gasteiger charge is 2.20. The second-order valence-electron chi connectivity index (χ2n) is 8.39. The Hall–Kier alpha value is -3.55. The predicted octanol–water partition coefficient (Wildman–Crippen LogP) is 6.16. The summed E-state index contributed by atoms with van der Waals surface area (Å²) in [5.41, 5.74) is 3.36. The van der Waals surface area contributed by atoms with E-state index >= 15 is 4.39 Å².